The maximum absolute atomic E-state index is 11.7. The number of carbonyl (C=O) groups is 2. The molecule has 0 aliphatic carbocycles. The Hall–Kier alpha value is -2.12. The fourth-order valence-corrected chi connectivity index (χ4v) is 1.17. The molecule has 0 rings (SSSR count). The Kier molecular flexibility index (Phi) is 7.91. The molecule has 18 heavy (non-hydrogen) atoms. The van der Waals surface area contributed by atoms with Crippen LogP contribution in [0.1, 0.15) is 19.8 Å². The molecule has 0 fully saturated rings. The Morgan fingerprint density at radius 3 is 2.17 bits per heavy atom. The molecule has 1 atom stereocenters. The van der Waals surface area contributed by atoms with Crippen LogP contribution in [0.2, 0.25) is 0 Å². The van der Waals surface area contributed by atoms with E-state index in [1.54, 1.807) is 0 Å². The largest absolute Gasteiger partial charge is 0.480 e. The minimum atomic E-state index is -1.04. The zero-order valence-corrected chi connectivity index (χ0v) is 10.2. The molecule has 1 amide bonds. The Labute approximate surface area is 106 Å². The molecule has 0 unspecified atom stereocenters. The van der Waals surface area contributed by atoms with Crippen molar-refractivity contribution in [2.24, 2.45) is 0 Å². The summed E-state index contributed by atoms with van der Waals surface area (Å²) in [5.41, 5.74) is 0. The van der Waals surface area contributed by atoms with Crippen molar-refractivity contribution in [3.63, 3.8) is 0 Å². The summed E-state index contributed by atoms with van der Waals surface area (Å²) in [6.45, 7) is 1.81. The summed E-state index contributed by atoms with van der Waals surface area (Å²) in [7, 11) is 0. The quantitative estimate of drug-likeness (QED) is 0.612. The van der Waals surface area contributed by atoms with Gasteiger partial charge >= 0.3 is 5.97 Å². The van der Waals surface area contributed by atoms with Gasteiger partial charge in [0.1, 0.15) is 6.04 Å². The molecular weight excluding hydrogens is 236 g/mol. The number of carboxylic acid groups (broad SMARTS) is 1. The van der Waals surface area contributed by atoms with E-state index in [1.807, 2.05) is 12.1 Å². The highest BCUT2D eigenvalue weighted by atomic mass is 16.4. The molecule has 0 saturated carbocycles. The maximum atomic E-state index is 11.7. The summed E-state index contributed by atoms with van der Waals surface area (Å²) >= 11 is 0. The molecule has 7 nitrogen and oxygen atoms in total. The maximum Gasteiger partial charge on any atom is 0.320 e. The number of nitriles is 2. The van der Waals surface area contributed by atoms with E-state index in [0.717, 1.165) is 0 Å². The number of hydrogen-bond donors (Lipinski definition) is 2. The van der Waals surface area contributed by atoms with Crippen LogP contribution in [0.25, 0.3) is 0 Å². The lowest BCUT2D eigenvalue weighted by molar-refractivity contribution is -0.139. The van der Waals surface area contributed by atoms with E-state index < -0.39 is 12.0 Å². The van der Waals surface area contributed by atoms with Crippen LogP contribution >= 0.6 is 0 Å². The van der Waals surface area contributed by atoms with E-state index in [2.05, 4.69) is 5.32 Å². The topological polar surface area (TPSA) is 117 Å². The first kappa shape index (κ1) is 15.9. The highest BCUT2D eigenvalue weighted by Gasteiger charge is 2.16. The van der Waals surface area contributed by atoms with Crippen LogP contribution in [-0.4, -0.2) is 47.6 Å². The molecule has 0 bridgehead atoms. The average Bonchev–Trinajstić information content (AvgIpc) is 2.35. The Morgan fingerprint density at radius 1 is 1.28 bits per heavy atom. The van der Waals surface area contributed by atoms with Gasteiger partial charge in [0.15, 0.2) is 0 Å². The minimum Gasteiger partial charge on any atom is -0.480 e. The van der Waals surface area contributed by atoms with Gasteiger partial charge in [-0.15, -0.1) is 0 Å². The van der Waals surface area contributed by atoms with Crippen molar-refractivity contribution in [1.29, 1.82) is 10.5 Å². The molecule has 0 spiro atoms. The Balaban J connectivity index is 4.24. The predicted octanol–water partition coefficient (Wildman–Crippen LogP) is -0.295. The Morgan fingerprint density at radius 2 is 1.78 bits per heavy atom. The van der Waals surface area contributed by atoms with E-state index in [9.17, 15) is 9.59 Å². The second-order valence-corrected chi connectivity index (χ2v) is 3.64. The van der Waals surface area contributed by atoms with Gasteiger partial charge in [0.2, 0.25) is 5.91 Å². The van der Waals surface area contributed by atoms with Crippen molar-refractivity contribution in [1.82, 2.24) is 10.2 Å². The van der Waals surface area contributed by atoms with Crippen molar-refractivity contribution in [2.45, 2.75) is 25.8 Å². The first-order valence-electron chi connectivity index (χ1n) is 5.50. The van der Waals surface area contributed by atoms with Gasteiger partial charge in [-0.1, -0.05) is 0 Å². The number of hydrogen-bond acceptors (Lipinski definition) is 5. The molecule has 98 valence electrons. The number of aliphatic carboxylic acids is 1. The summed E-state index contributed by atoms with van der Waals surface area (Å²) in [4.78, 5) is 23.7. The van der Waals surface area contributed by atoms with Crippen LogP contribution in [0.5, 0.6) is 0 Å². The molecule has 0 aliphatic rings. The second kappa shape index (κ2) is 8.97. The van der Waals surface area contributed by atoms with Gasteiger partial charge in [0.25, 0.3) is 0 Å². The van der Waals surface area contributed by atoms with Gasteiger partial charge < -0.3 is 10.0 Å². The number of rotatable bonds is 8. The molecule has 0 saturated heterocycles. The van der Waals surface area contributed by atoms with Gasteiger partial charge in [0, 0.05) is 13.1 Å². The van der Waals surface area contributed by atoms with Gasteiger partial charge in [-0.25, -0.2) is 0 Å². The van der Waals surface area contributed by atoms with Gasteiger partial charge in [-0.2, -0.15) is 10.5 Å². The van der Waals surface area contributed by atoms with Crippen LogP contribution in [0.4, 0.5) is 0 Å². The summed E-state index contributed by atoms with van der Waals surface area (Å²) in [5, 5.41) is 28.1. The van der Waals surface area contributed by atoms with E-state index in [-0.39, 0.29) is 38.4 Å². The molecule has 0 aromatic rings. The van der Waals surface area contributed by atoms with Gasteiger partial charge in [-0.3, -0.25) is 14.9 Å². The number of carbonyl (C=O) groups excluding carboxylic acids is 1. The van der Waals surface area contributed by atoms with Crippen molar-refractivity contribution in [3.8, 4) is 12.1 Å². The Bertz CT molecular complexity index is 351. The lowest BCUT2D eigenvalue weighted by Crippen LogP contribution is -2.44. The third-order valence-electron chi connectivity index (χ3n) is 2.27. The van der Waals surface area contributed by atoms with Crippen molar-refractivity contribution in [3.05, 3.63) is 0 Å². The number of nitrogens with zero attached hydrogens (tertiary/aromatic N) is 3. The van der Waals surface area contributed by atoms with Crippen molar-refractivity contribution >= 4 is 11.9 Å². The summed E-state index contributed by atoms with van der Waals surface area (Å²) in [5.74, 6) is -1.35. The van der Waals surface area contributed by atoms with E-state index >= 15 is 0 Å². The lowest BCUT2D eigenvalue weighted by atomic mass is 10.3. The third kappa shape index (κ3) is 6.46. The standard InChI is InChI=1S/C11H16N4O3/c1-9(11(17)18)14-8-10(16)15(6-2-4-12)7-3-5-13/h9,14H,2-3,6-8H2,1H3,(H,17,18)/t9-/m1/s1. The summed E-state index contributed by atoms with van der Waals surface area (Å²) in [6.07, 6.45) is 0.372. The fourth-order valence-electron chi connectivity index (χ4n) is 1.17. The van der Waals surface area contributed by atoms with Gasteiger partial charge in [-0.05, 0) is 6.92 Å². The van der Waals surface area contributed by atoms with Gasteiger partial charge in [0.05, 0.1) is 31.5 Å². The van der Waals surface area contributed by atoms with Crippen LogP contribution in [0.3, 0.4) is 0 Å². The first-order valence-corrected chi connectivity index (χ1v) is 5.50. The van der Waals surface area contributed by atoms with Crippen LogP contribution in [-0.2, 0) is 9.59 Å². The SMILES string of the molecule is C[C@@H](NCC(=O)N(CCC#N)CCC#N)C(=O)O. The predicted molar refractivity (Wildman–Crippen MR) is 62.1 cm³/mol. The normalized spacial score (nSPS) is 11.1. The van der Waals surface area contributed by atoms with Crippen LogP contribution in [0, 0.1) is 22.7 Å². The molecule has 7 heteroatoms. The van der Waals surface area contributed by atoms with Crippen LogP contribution < -0.4 is 5.32 Å². The molecule has 0 aliphatic heterocycles. The third-order valence-corrected chi connectivity index (χ3v) is 2.27. The first-order chi connectivity index (χ1) is 8.52. The molecule has 0 aromatic heterocycles. The second-order valence-electron chi connectivity index (χ2n) is 3.64. The zero-order valence-electron chi connectivity index (χ0n) is 10.2. The lowest BCUT2D eigenvalue weighted by Gasteiger charge is -2.21. The van der Waals surface area contributed by atoms with Crippen LogP contribution in [0.15, 0.2) is 0 Å². The molecule has 0 aromatic carbocycles. The zero-order chi connectivity index (χ0) is 14.0. The smallest absolute Gasteiger partial charge is 0.320 e. The highest BCUT2D eigenvalue weighted by Crippen LogP contribution is 1.95. The van der Waals surface area contributed by atoms with Crippen molar-refractivity contribution < 1.29 is 14.7 Å². The average molecular weight is 252 g/mol. The molecular formula is C11H16N4O3. The highest BCUT2D eigenvalue weighted by molar-refractivity contribution is 5.79. The van der Waals surface area contributed by atoms with Crippen molar-refractivity contribution in [2.75, 3.05) is 19.6 Å². The summed E-state index contributed by atoms with van der Waals surface area (Å²) < 4.78 is 0. The number of nitrogens with one attached hydrogen (secondary N) is 1. The monoisotopic (exact) mass is 252 g/mol. The van der Waals surface area contributed by atoms with E-state index in [0.29, 0.717) is 0 Å². The fraction of sp³-hybridized carbons (Fsp3) is 0.636. The number of amides is 1. The van der Waals surface area contributed by atoms with E-state index in [1.165, 1.54) is 11.8 Å². The van der Waals surface area contributed by atoms with E-state index in [4.69, 9.17) is 15.6 Å². The summed E-state index contributed by atoms with van der Waals surface area (Å²) in [6, 6.07) is 3.03. The molecule has 0 radical (unpaired) electrons. The number of carboxylic acids is 1. The minimum absolute atomic E-state index is 0.121. The molecule has 0 heterocycles. The molecule has 2 N–H and O–H groups in total.